The van der Waals surface area contributed by atoms with Crippen LogP contribution >= 0.6 is 0 Å². The Morgan fingerprint density at radius 3 is 2.33 bits per heavy atom. The summed E-state index contributed by atoms with van der Waals surface area (Å²) < 4.78 is 26.8. The van der Waals surface area contributed by atoms with Gasteiger partial charge in [-0.2, -0.15) is 0 Å². The van der Waals surface area contributed by atoms with E-state index in [9.17, 15) is 19.8 Å². The van der Waals surface area contributed by atoms with Crippen molar-refractivity contribution in [2.45, 2.75) is 62.5 Å². The molecule has 2 rings (SSSR count). The Morgan fingerprint density at radius 1 is 1.10 bits per heavy atom. The van der Waals surface area contributed by atoms with Crippen LogP contribution in [0.15, 0.2) is 0 Å². The lowest BCUT2D eigenvalue weighted by atomic mass is 10.0. The first kappa shape index (κ1) is 24.9. The van der Waals surface area contributed by atoms with Crippen molar-refractivity contribution in [2.24, 2.45) is 0 Å². The van der Waals surface area contributed by atoms with Crippen molar-refractivity contribution in [2.75, 3.05) is 47.8 Å². The van der Waals surface area contributed by atoms with E-state index in [1.165, 1.54) is 18.9 Å². The number of methoxy groups -OCH3 is 3. The third kappa shape index (κ3) is 5.67. The van der Waals surface area contributed by atoms with Crippen molar-refractivity contribution < 1.29 is 43.5 Å². The molecule has 174 valence electrons. The summed E-state index contributed by atoms with van der Waals surface area (Å²) in [6.07, 6.45) is -1.81. The van der Waals surface area contributed by atoms with Gasteiger partial charge in [-0.25, -0.2) is 0 Å². The Bertz CT molecular complexity index is 572. The maximum absolute atomic E-state index is 12.1. The van der Waals surface area contributed by atoms with Gasteiger partial charge in [0.25, 0.3) is 5.91 Å². The van der Waals surface area contributed by atoms with E-state index < -0.39 is 30.3 Å². The van der Waals surface area contributed by atoms with Crippen molar-refractivity contribution in [3.05, 3.63) is 0 Å². The molecule has 2 aliphatic heterocycles. The molecule has 2 aliphatic rings. The van der Waals surface area contributed by atoms with E-state index in [-0.39, 0.29) is 31.1 Å². The number of unbranched alkanes of at least 4 members (excludes halogenated alkanes) is 1. The number of rotatable bonds is 13. The van der Waals surface area contributed by atoms with Crippen molar-refractivity contribution >= 4 is 11.8 Å². The molecule has 0 aromatic heterocycles. The lowest BCUT2D eigenvalue weighted by molar-refractivity contribution is -0.274. The lowest BCUT2D eigenvalue weighted by Gasteiger charge is -2.33. The van der Waals surface area contributed by atoms with Crippen molar-refractivity contribution in [3.63, 3.8) is 0 Å². The molecule has 2 fully saturated rings. The zero-order valence-corrected chi connectivity index (χ0v) is 18.0. The average Bonchev–Trinajstić information content (AvgIpc) is 3.35. The first-order valence-corrected chi connectivity index (χ1v) is 10.1. The van der Waals surface area contributed by atoms with Gasteiger partial charge in [-0.05, 0) is 12.8 Å². The fraction of sp³-hybridized carbons (Fsp3) is 0.895. The fourth-order valence-electron chi connectivity index (χ4n) is 3.80. The highest BCUT2D eigenvalue weighted by Gasteiger charge is 2.75. The predicted octanol–water partition coefficient (Wildman–Crippen LogP) is -1.40. The fourth-order valence-corrected chi connectivity index (χ4v) is 3.80. The van der Waals surface area contributed by atoms with Gasteiger partial charge in [0, 0.05) is 34.7 Å². The van der Waals surface area contributed by atoms with E-state index in [4.69, 9.17) is 23.7 Å². The normalized spacial score (nSPS) is 30.3. The molecule has 2 amide bonds. The van der Waals surface area contributed by atoms with Crippen LogP contribution < -0.4 is 5.32 Å². The molecule has 5 atom stereocenters. The van der Waals surface area contributed by atoms with Gasteiger partial charge >= 0.3 is 0 Å². The Morgan fingerprint density at radius 2 is 1.77 bits per heavy atom. The van der Waals surface area contributed by atoms with Gasteiger partial charge in [0.2, 0.25) is 11.8 Å². The highest BCUT2D eigenvalue weighted by atomic mass is 16.8. The Hall–Kier alpha value is -1.34. The van der Waals surface area contributed by atoms with Gasteiger partial charge in [-0.1, -0.05) is 0 Å². The molecule has 0 bridgehead atoms. The molecule has 0 aromatic rings. The lowest BCUT2D eigenvalue weighted by Crippen LogP contribution is -2.53. The van der Waals surface area contributed by atoms with Crippen LogP contribution in [0.5, 0.6) is 0 Å². The zero-order chi connectivity index (χ0) is 22.3. The van der Waals surface area contributed by atoms with Crippen LogP contribution in [0, 0.1) is 0 Å². The number of amides is 2. The summed E-state index contributed by atoms with van der Waals surface area (Å²) in [5.41, 5.74) is 0. The van der Waals surface area contributed by atoms with E-state index in [1.54, 1.807) is 14.2 Å². The number of hydrogen-bond acceptors (Lipinski definition) is 9. The number of carbonyl (C=O) groups excluding carboxylic acids is 2. The Labute approximate surface area is 176 Å². The maximum atomic E-state index is 12.1. The highest BCUT2D eigenvalue weighted by Crippen LogP contribution is 2.50. The summed E-state index contributed by atoms with van der Waals surface area (Å²) in [6, 6.07) is -0.981. The summed E-state index contributed by atoms with van der Waals surface area (Å²) in [5.74, 6) is -1.85. The van der Waals surface area contributed by atoms with E-state index in [0.29, 0.717) is 32.5 Å². The third-order valence-electron chi connectivity index (χ3n) is 5.17. The average molecular weight is 434 g/mol. The minimum Gasteiger partial charge on any atom is -0.388 e. The van der Waals surface area contributed by atoms with Crippen LogP contribution in [0.25, 0.3) is 0 Å². The number of ether oxygens (including phenoxy) is 5. The molecular weight excluding hydrogens is 400 g/mol. The maximum Gasteiger partial charge on any atom is 0.279 e. The number of nitrogens with one attached hydrogen (secondary N) is 1. The molecule has 0 aliphatic carbocycles. The minimum atomic E-state index is -1.40. The van der Waals surface area contributed by atoms with Crippen molar-refractivity contribution in [1.82, 2.24) is 10.2 Å². The summed E-state index contributed by atoms with van der Waals surface area (Å²) in [7, 11) is 4.57. The van der Waals surface area contributed by atoms with Crippen molar-refractivity contribution in [1.29, 1.82) is 0 Å². The van der Waals surface area contributed by atoms with Crippen LogP contribution in [0.3, 0.4) is 0 Å². The summed E-state index contributed by atoms with van der Waals surface area (Å²) in [6.45, 7) is 2.34. The predicted molar refractivity (Wildman–Crippen MR) is 103 cm³/mol. The monoisotopic (exact) mass is 434 g/mol. The van der Waals surface area contributed by atoms with Crippen LogP contribution in [0.2, 0.25) is 0 Å². The molecule has 0 spiro atoms. The summed E-state index contributed by atoms with van der Waals surface area (Å²) >= 11 is 0. The van der Waals surface area contributed by atoms with Gasteiger partial charge in [-0.15, -0.1) is 0 Å². The Kier molecular flexibility index (Phi) is 9.41. The Balaban J connectivity index is 1.81. The molecule has 11 nitrogen and oxygen atoms in total. The molecule has 3 N–H and O–H groups in total. The van der Waals surface area contributed by atoms with Crippen LogP contribution in [0.1, 0.15) is 26.2 Å². The molecule has 2 saturated heterocycles. The smallest absolute Gasteiger partial charge is 0.279 e. The molecule has 0 saturated carbocycles. The third-order valence-corrected chi connectivity index (χ3v) is 5.17. The standard InChI is InChI=1S/C19H34N2O9/c1-12(22)21-18-17(25)16(24)14(11-28-4)30-19(18,21)29-8-6-5-7-15(23)20-13(9-26-2)10-27-3/h13-14,16-18,24-25H,5-11H2,1-4H3,(H,20,23)/t14?,16-,17?,18?,19-,21?/m0/s1. The SMILES string of the molecule is COCC(COC)NC(=O)CCCCO[C@]12OC(COC)[C@H](O)C(O)C1N2C(C)=O. The van der Waals surface area contributed by atoms with Gasteiger partial charge in [0.05, 0.1) is 32.5 Å². The molecule has 3 unspecified atom stereocenters. The zero-order valence-electron chi connectivity index (χ0n) is 18.0. The van der Waals surface area contributed by atoms with Gasteiger partial charge in [0.1, 0.15) is 24.4 Å². The second-order valence-corrected chi connectivity index (χ2v) is 7.54. The van der Waals surface area contributed by atoms with E-state index in [1.807, 2.05) is 0 Å². The first-order chi connectivity index (χ1) is 14.3. The molecule has 30 heavy (non-hydrogen) atoms. The van der Waals surface area contributed by atoms with E-state index >= 15 is 0 Å². The number of nitrogens with zero attached hydrogens (tertiary/aromatic N) is 1. The first-order valence-electron chi connectivity index (χ1n) is 10.1. The quantitative estimate of drug-likeness (QED) is 0.236. The van der Waals surface area contributed by atoms with Crippen LogP contribution in [-0.2, 0) is 33.3 Å². The number of carbonyl (C=O) groups is 2. The van der Waals surface area contributed by atoms with E-state index in [2.05, 4.69) is 5.32 Å². The minimum absolute atomic E-state index is 0.0477. The molecule has 2 heterocycles. The number of fused-ring (bicyclic) bond motifs is 1. The molecule has 11 heteroatoms. The molecule has 0 aromatic carbocycles. The largest absolute Gasteiger partial charge is 0.388 e. The van der Waals surface area contributed by atoms with Gasteiger partial charge in [0.15, 0.2) is 0 Å². The van der Waals surface area contributed by atoms with Crippen LogP contribution in [0.4, 0.5) is 0 Å². The number of aliphatic hydroxyl groups excluding tert-OH is 2. The second-order valence-electron chi connectivity index (χ2n) is 7.54. The molecule has 0 radical (unpaired) electrons. The topological polar surface area (TPSA) is 136 Å². The van der Waals surface area contributed by atoms with Gasteiger partial charge in [-0.3, -0.25) is 14.5 Å². The second kappa shape index (κ2) is 11.3. The molecular formula is C19H34N2O9. The van der Waals surface area contributed by atoms with Gasteiger partial charge < -0.3 is 39.2 Å². The highest BCUT2D eigenvalue weighted by molar-refractivity contribution is 5.78. The number of hydrogen-bond donors (Lipinski definition) is 3. The number of aliphatic hydroxyl groups is 2. The summed E-state index contributed by atoms with van der Waals surface area (Å²) in [5, 5.41) is 23.4. The van der Waals surface area contributed by atoms with E-state index in [0.717, 1.165) is 0 Å². The van der Waals surface area contributed by atoms with Crippen LogP contribution in [-0.4, -0.2) is 111 Å². The van der Waals surface area contributed by atoms with Crippen molar-refractivity contribution in [3.8, 4) is 0 Å². The summed E-state index contributed by atoms with van der Waals surface area (Å²) in [4.78, 5) is 25.3.